The number of hydrogen-bond donors (Lipinski definition) is 1. The van der Waals surface area contributed by atoms with E-state index in [9.17, 15) is 4.79 Å². The van der Waals surface area contributed by atoms with Gasteiger partial charge in [-0.15, -0.1) is 0 Å². The number of pyridine rings is 1. The Hall–Kier alpha value is -3.22. The summed E-state index contributed by atoms with van der Waals surface area (Å²) >= 11 is 0. The molecule has 4 aromatic heterocycles. The summed E-state index contributed by atoms with van der Waals surface area (Å²) in [6.07, 6.45) is 14.7. The minimum Gasteiger partial charge on any atom is -0.345 e. The van der Waals surface area contributed by atoms with Gasteiger partial charge in [0.2, 0.25) is 0 Å². The molecule has 0 spiro atoms. The highest BCUT2D eigenvalue weighted by molar-refractivity contribution is 6.02. The van der Waals surface area contributed by atoms with Crippen LogP contribution in [-0.2, 0) is 0 Å². The SMILES string of the molecule is O=C(c1cnn2ccc(-c3c[nH]c4ncncc34)cc12)N1CCCCCCC1. The molecular formula is C21H22N6O. The zero-order valence-electron chi connectivity index (χ0n) is 15.6. The molecule has 5 rings (SSSR count). The first-order valence-electron chi connectivity index (χ1n) is 9.85. The summed E-state index contributed by atoms with van der Waals surface area (Å²) in [5.74, 6) is 0.0799. The van der Waals surface area contributed by atoms with Crippen molar-refractivity contribution in [2.45, 2.75) is 32.1 Å². The number of nitrogens with zero attached hydrogens (tertiary/aromatic N) is 5. The van der Waals surface area contributed by atoms with Crippen molar-refractivity contribution in [2.75, 3.05) is 13.1 Å². The minimum absolute atomic E-state index is 0.0799. The third kappa shape index (κ3) is 2.93. The van der Waals surface area contributed by atoms with Crippen LogP contribution >= 0.6 is 0 Å². The van der Waals surface area contributed by atoms with Crippen molar-refractivity contribution in [2.24, 2.45) is 0 Å². The van der Waals surface area contributed by atoms with Crippen LogP contribution in [0.25, 0.3) is 27.7 Å². The predicted molar refractivity (Wildman–Crippen MR) is 107 cm³/mol. The zero-order chi connectivity index (χ0) is 18.9. The van der Waals surface area contributed by atoms with Crippen LogP contribution in [0.3, 0.4) is 0 Å². The van der Waals surface area contributed by atoms with Crippen LogP contribution in [0.5, 0.6) is 0 Å². The highest BCUT2D eigenvalue weighted by Gasteiger charge is 2.21. The predicted octanol–water partition coefficient (Wildman–Crippen LogP) is 3.68. The van der Waals surface area contributed by atoms with E-state index in [0.717, 1.165) is 53.6 Å². The van der Waals surface area contributed by atoms with E-state index in [1.807, 2.05) is 29.4 Å². The average molecular weight is 374 g/mol. The Balaban J connectivity index is 1.54. The monoisotopic (exact) mass is 374 g/mol. The summed E-state index contributed by atoms with van der Waals surface area (Å²) in [6, 6.07) is 4.03. The van der Waals surface area contributed by atoms with Crippen molar-refractivity contribution in [3.05, 3.63) is 48.8 Å². The highest BCUT2D eigenvalue weighted by atomic mass is 16.2. The fourth-order valence-corrected chi connectivity index (χ4v) is 4.03. The molecule has 0 atom stereocenters. The van der Waals surface area contributed by atoms with Gasteiger partial charge in [-0.2, -0.15) is 5.10 Å². The Bertz CT molecular complexity index is 1140. The van der Waals surface area contributed by atoms with Gasteiger partial charge in [-0.25, -0.2) is 14.5 Å². The van der Waals surface area contributed by atoms with Crippen LogP contribution in [0.2, 0.25) is 0 Å². The number of carbonyl (C=O) groups excluding carboxylic acids is 1. The Labute approximate surface area is 162 Å². The smallest absolute Gasteiger partial charge is 0.257 e. The van der Waals surface area contributed by atoms with Crippen molar-refractivity contribution in [3.63, 3.8) is 0 Å². The van der Waals surface area contributed by atoms with Crippen molar-refractivity contribution >= 4 is 22.5 Å². The molecule has 1 N–H and O–H groups in total. The Kier molecular flexibility index (Phi) is 4.27. The van der Waals surface area contributed by atoms with E-state index in [0.29, 0.717) is 5.56 Å². The first kappa shape index (κ1) is 16.9. The number of likely N-dealkylation sites (tertiary alicyclic amines) is 1. The molecule has 0 saturated carbocycles. The summed E-state index contributed by atoms with van der Waals surface area (Å²) in [7, 11) is 0. The molecule has 1 amide bonds. The molecule has 0 aliphatic carbocycles. The molecule has 0 unspecified atom stereocenters. The van der Waals surface area contributed by atoms with Gasteiger partial charge in [-0.1, -0.05) is 19.3 Å². The van der Waals surface area contributed by atoms with Crippen LogP contribution in [-0.4, -0.2) is 48.5 Å². The lowest BCUT2D eigenvalue weighted by atomic mass is 10.1. The van der Waals surface area contributed by atoms with Gasteiger partial charge in [0.25, 0.3) is 5.91 Å². The third-order valence-corrected chi connectivity index (χ3v) is 5.56. The van der Waals surface area contributed by atoms with E-state index in [-0.39, 0.29) is 5.91 Å². The number of aromatic amines is 1. The van der Waals surface area contributed by atoms with E-state index in [4.69, 9.17) is 0 Å². The molecule has 142 valence electrons. The van der Waals surface area contributed by atoms with E-state index >= 15 is 0 Å². The minimum atomic E-state index is 0.0799. The van der Waals surface area contributed by atoms with Crippen molar-refractivity contribution in [3.8, 4) is 11.1 Å². The molecule has 5 heterocycles. The second kappa shape index (κ2) is 7.07. The summed E-state index contributed by atoms with van der Waals surface area (Å²) in [5.41, 5.74) is 4.32. The van der Waals surface area contributed by atoms with E-state index in [1.165, 1.54) is 25.6 Å². The summed E-state index contributed by atoms with van der Waals surface area (Å²) in [6.45, 7) is 1.66. The van der Waals surface area contributed by atoms with Gasteiger partial charge in [0.1, 0.15) is 12.0 Å². The summed E-state index contributed by atoms with van der Waals surface area (Å²) in [4.78, 5) is 26.8. The first-order chi connectivity index (χ1) is 13.8. The largest absolute Gasteiger partial charge is 0.345 e. The van der Waals surface area contributed by atoms with Crippen molar-refractivity contribution in [1.29, 1.82) is 0 Å². The molecule has 0 aromatic carbocycles. The summed E-state index contributed by atoms with van der Waals surface area (Å²) < 4.78 is 1.77. The lowest BCUT2D eigenvalue weighted by Gasteiger charge is -2.24. The van der Waals surface area contributed by atoms with Gasteiger partial charge >= 0.3 is 0 Å². The molecule has 7 heteroatoms. The normalized spacial score (nSPS) is 15.6. The first-order valence-corrected chi connectivity index (χ1v) is 9.85. The second-order valence-corrected chi connectivity index (χ2v) is 7.35. The Morgan fingerprint density at radius 3 is 2.75 bits per heavy atom. The number of hydrogen-bond acceptors (Lipinski definition) is 4. The Morgan fingerprint density at radius 2 is 1.89 bits per heavy atom. The maximum Gasteiger partial charge on any atom is 0.257 e. The van der Waals surface area contributed by atoms with Crippen LogP contribution in [0.15, 0.2) is 43.2 Å². The number of H-pyrrole nitrogens is 1. The van der Waals surface area contributed by atoms with Crippen LogP contribution in [0, 0.1) is 0 Å². The molecule has 4 aromatic rings. The molecule has 7 nitrogen and oxygen atoms in total. The molecule has 28 heavy (non-hydrogen) atoms. The average Bonchev–Trinajstić information content (AvgIpc) is 3.31. The molecule has 1 aliphatic heterocycles. The number of rotatable bonds is 2. The van der Waals surface area contributed by atoms with Gasteiger partial charge in [0.15, 0.2) is 0 Å². The maximum atomic E-state index is 13.2. The van der Waals surface area contributed by atoms with Crippen molar-refractivity contribution in [1.82, 2.24) is 29.5 Å². The van der Waals surface area contributed by atoms with Crippen LogP contribution in [0.1, 0.15) is 42.5 Å². The fourth-order valence-electron chi connectivity index (χ4n) is 4.03. The third-order valence-electron chi connectivity index (χ3n) is 5.56. The number of carbonyl (C=O) groups is 1. The highest BCUT2D eigenvalue weighted by Crippen LogP contribution is 2.29. The molecule has 0 bridgehead atoms. The molecule has 1 fully saturated rings. The quantitative estimate of drug-likeness (QED) is 0.580. The standard InChI is InChI=1S/C21H22N6O/c28-21(26-7-4-2-1-3-5-8-26)18-13-25-27-9-6-15(10-19(18)27)16-12-23-20-17(16)11-22-14-24-20/h6,9-14H,1-5,7-8H2,(H,22,23,24). The zero-order valence-corrected chi connectivity index (χ0v) is 15.6. The molecule has 1 aliphatic rings. The number of aromatic nitrogens is 5. The summed E-state index contributed by atoms with van der Waals surface area (Å²) in [5, 5.41) is 5.36. The van der Waals surface area contributed by atoms with E-state index < -0.39 is 0 Å². The lowest BCUT2D eigenvalue weighted by molar-refractivity contribution is 0.0744. The molecule has 0 radical (unpaired) electrons. The number of fused-ring (bicyclic) bond motifs is 2. The van der Waals surface area contributed by atoms with Gasteiger partial charge in [0.05, 0.1) is 17.3 Å². The van der Waals surface area contributed by atoms with Crippen LogP contribution in [0.4, 0.5) is 0 Å². The Morgan fingerprint density at radius 1 is 1.07 bits per heavy atom. The fraction of sp³-hybridized carbons (Fsp3) is 0.333. The van der Waals surface area contributed by atoms with Gasteiger partial charge in [-0.05, 0) is 30.5 Å². The van der Waals surface area contributed by atoms with Gasteiger partial charge in [0, 0.05) is 42.6 Å². The maximum absolute atomic E-state index is 13.2. The van der Waals surface area contributed by atoms with Crippen LogP contribution < -0.4 is 0 Å². The number of amides is 1. The van der Waals surface area contributed by atoms with Gasteiger partial charge in [-0.3, -0.25) is 4.79 Å². The molecule has 1 saturated heterocycles. The van der Waals surface area contributed by atoms with Crippen molar-refractivity contribution < 1.29 is 4.79 Å². The number of nitrogens with one attached hydrogen (secondary N) is 1. The topological polar surface area (TPSA) is 79.2 Å². The second-order valence-electron chi connectivity index (χ2n) is 7.35. The van der Waals surface area contributed by atoms with E-state index in [2.05, 4.69) is 20.1 Å². The molecular weight excluding hydrogens is 352 g/mol. The van der Waals surface area contributed by atoms with E-state index in [1.54, 1.807) is 16.9 Å². The lowest BCUT2D eigenvalue weighted by Crippen LogP contribution is -2.33. The van der Waals surface area contributed by atoms with Gasteiger partial charge < -0.3 is 9.88 Å².